The van der Waals surface area contributed by atoms with Gasteiger partial charge >= 0.3 is 0 Å². The van der Waals surface area contributed by atoms with Gasteiger partial charge in [0.15, 0.2) is 0 Å². The molecule has 0 heterocycles. The summed E-state index contributed by atoms with van der Waals surface area (Å²) in [5.74, 6) is 0.496. The molecule has 24 heavy (non-hydrogen) atoms. The first-order valence-corrected chi connectivity index (χ1v) is 7.70. The highest BCUT2D eigenvalue weighted by Crippen LogP contribution is 2.26. The second-order valence-electron chi connectivity index (χ2n) is 5.76. The molecule has 0 radical (unpaired) electrons. The number of carbonyl (C=O) groups excluding carboxylic acids is 2. The number of carbonyl (C=O) groups is 2. The van der Waals surface area contributed by atoms with Crippen molar-refractivity contribution in [3.8, 4) is 5.75 Å². The first kappa shape index (κ1) is 17.5. The summed E-state index contributed by atoms with van der Waals surface area (Å²) < 4.78 is 5.41. The van der Waals surface area contributed by atoms with Gasteiger partial charge in [-0.25, -0.2) is 0 Å². The van der Waals surface area contributed by atoms with E-state index in [-0.39, 0.29) is 18.2 Å². The topological polar surface area (TPSA) is 67.4 Å². The van der Waals surface area contributed by atoms with Crippen LogP contribution >= 0.6 is 0 Å². The smallest absolute Gasteiger partial charge is 0.228 e. The maximum atomic E-state index is 12.3. The van der Waals surface area contributed by atoms with Crippen LogP contribution in [-0.2, 0) is 16.0 Å². The molecule has 126 valence electrons. The monoisotopic (exact) mass is 326 g/mol. The Balaban J connectivity index is 2.07. The highest BCUT2D eigenvalue weighted by Gasteiger charge is 2.12. The third kappa shape index (κ3) is 4.59. The highest BCUT2D eigenvalue weighted by atomic mass is 16.5. The van der Waals surface area contributed by atoms with Crippen LogP contribution in [-0.4, -0.2) is 18.9 Å². The van der Waals surface area contributed by atoms with E-state index in [1.807, 2.05) is 26.0 Å². The standard InChI is InChI=1S/C19H22N2O3/c1-12-9-13(2)19(24-4)15(10-12)11-18(23)21-17-7-5-16(6-8-17)20-14(3)22/h5-10H,11H2,1-4H3,(H,20,22)(H,21,23). The van der Waals surface area contributed by atoms with E-state index in [1.165, 1.54) is 6.92 Å². The van der Waals surface area contributed by atoms with E-state index in [0.29, 0.717) is 11.4 Å². The lowest BCUT2D eigenvalue weighted by Gasteiger charge is -2.13. The van der Waals surface area contributed by atoms with E-state index in [2.05, 4.69) is 10.6 Å². The van der Waals surface area contributed by atoms with Gasteiger partial charge in [-0.1, -0.05) is 17.7 Å². The van der Waals surface area contributed by atoms with Crippen LogP contribution in [0.15, 0.2) is 36.4 Å². The van der Waals surface area contributed by atoms with Gasteiger partial charge in [-0.2, -0.15) is 0 Å². The van der Waals surface area contributed by atoms with Crippen LogP contribution in [0, 0.1) is 13.8 Å². The van der Waals surface area contributed by atoms with Crippen LogP contribution in [0.3, 0.4) is 0 Å². The Morgan fingerprint density at radius 2 is 1.58 bits per heavy atom. The SMILES string of the molecule is COc1c(C)cc(C)cc1CC(=O)Nc1ccc(NC(C)=O)cc1. The minimum atomic E-state index is -0.131. The Morgan fingerprint density at radius 1 is 1.00 bits per heavy atom. The lowest BCUT2D eigenvalue weighted by atomic mass is 10.0. The van der Waals surface area contributed by atoms with Crippen molar-refractivity contribution in [1.29, 1.82) is 0 Å². The maximum Gasteiger partial charge on any atom is 0.228 e. The predicted molar refractivity (Wildman–Crippen MR) is 95.5 cm³/mol. The van der Waals surface area contributed by atoms with Crippen molar-refractivity contribution in [2.24, 2.45) is 0 Å². The lowest BCUT2D eigenvalue weighted by Crippen LogP contribution is -2.15. The van der Waals surface area contributed by atoms with Gasteiger partial charge in [0.05, 0.1) is 13.5 Å². The van der Waals surface area contributed by atoms with Gasteiger partial charge in [-0.15, -0.1) is 0 Å². The number of hydrogen-bond donors (Lipinski definition) is 2. The van der Waals surface area contributed by atoms with Crippen LogP contribution in [0.4, 0.5) is 11.4 Å². The molecule has 0 aliphatic heterocycles. The minimum Gasteiger partial charge on any atom is -0.496 e. The fourth-order valence-corrected chi connectivity index (χ4v) is 2.68. The van der Waals surface area contributed by atoms with E-state index in [9.17, 15) is 9.59 Å². The fourth-order valence-electron chi connectivity index (χ4n) is 2.68. The van der Waals surface area contributed by atoms with E-state index in [4.69, 9.17) is 4.74 Å². The summed E-state index contributed by atoms with van der Waals surface area (Å²) in [4.78, 5) is 23.3. The fraction of sp³-hybridized carbons (Fsp3) is 0.263. The van der Waals surface area contributed by atoms with Gasteiger partial charge in [0.25, 0.3) is 0 Å². The van der Waals surface area contributed by atoms with E-state index in [0.717, 1.165) is 22.4 Å². The van der Waals surface area contributed by atoms with Crippen molar-refractivity contribution < 1.29 is 14.3 Å². The summed E-state index contributed by atoms with van der Waals surface area (Å²) in [5.41, 5.74) is 4.34. The third-order valence-electron chi connectivity index (χ3n) is 3.54. The quantitative estimate of drug-likeness (QED) is 0.884. The molecular formula is C19H22N2O3. The zero-order valence-corrected chi connectivity index (χ0v) is 14.4. The number of rotatable bonds is 5. The Labute approximate surface area is 142 Å². The molecule has 0 aliphatic rings. The average Bonchev–Trinajstić information content (AvgIpc) is 2.48. The van der Waals surface area contributed by atoms with Crippen molar-refractivity contribution in [3.05, 3.63) is 53.1 Å². The molecule has 2 rings (SSSR count). The number of anilines is 2. The molecule has 2 amide bonds. The summed E-state index contributed by atoms with van der Waals surface area (Å²) in [5, 5.41) is 5.54. The van der Waals surface area contributed by atoms with Crippen LogP contribution in [0.2, 0.25) is 0 Å². The Morgan fingerprint density at radius 3 is 2.12 bits per heavy atom. The molecule has 0 saturated heterocycles. The van der Waals surface area contributed by atoms with Crippen molar-refractivity contribution in [2.45, 2.75) is 27.2 Å². The number of aryl methyl sites for hydroxylation is 2. The number of nitrogens with one attached hydrogen (secondary N) is 2. The molecule has 0 saturated carbocycles. The molecule has 2 aromatic rings. The zero-order chi connectivity index (χ0) is 17.7. The van der Waals surface area contributed by atoms with E-state index in [1.54, 1.807) is 31.4 Å². The van der Waals surface area contributed by atoms with E-state index >= 15 is 0 Å². The Bertz CT molecular complexity index is 752. The first-order chi connectivity index (χ1) is 11.4. The van der Waals surface area contributed by atoms with Crippen molar-refractivity contribution in [3.63, 3.8) is 0 Å². The van der Waals surface area contributed by atoms with Gasteiger partial charge in [-0.3, -0.25) is 9.59 Å². The summed E-state index contributed by atoms with van der Waals surface area (Å²) in [7, 11) is 1.61. The highest BCUT2D eigenvalue weighted by molar-refractivity contribution is 5.93. The van der Waals surface area contributed by atoms with Gasteiger partial charge in [0.1, 0.15) is 5.75 Å². The van der Waals surface area contributed by atoms with E-state index < -0.39 is 0 Å². The largest absolute Gasteiger partial charge is 0.496 e. The van der Waals surface area contributed by atoms with Gasteiger partial charge < -0.3 is 15.4 Å². The second kappa shape index (κ2) is 7.64. The minimum absolute atomic E-state index is 0.120. The number of benzene rings is 2. The summed E-state index contributed by atoms with van der Waals surface area (Å²) >= 11 is 0. The molecule has 0 aromatic heterocycles. The molecule has 0 spiro atoms. The summed E-state index contributed by atoms with van der Waals surface area (Å²) in [6.07, 6.45) is 0.235. The second-order valence-corrected chi connectivity index (χ2v) is 5.76. The molecule has 5 heteroatoms. The number of hydrogen-bond acceptors (Lipinski definition) is 3. The van der Waals surface area contributed by atoms with Crippen LogP contribution in [0.5, 0.6) is 5.75 Å². The molecule has 2 aromatic carbocycles. The summed E-state index contributed by atoms with van der Waals surface area (Å²) in [6.45, 7) is 5.41. The number of ether oxygens (including phenoxy) is 1. The number of amides is 2. The maximum absolute atomic E-state index is 12.3. The van der Waals surface area contributed by atoms with Crippen LogP contribution in [0.1, 0.15) is 23.6 Å². The molecule has 0 unspecified atom stereocenters. The molecule has 2 N–H and O–H groups in total. The third-order valence-corrected chi connectivity index (χ3v) is 3.54. The molecule has 5 nitrogen and oxygen atoms in total. The van der Waals surface area contributed by atoms with Crippen LogP contribution < -0.4 is 15.4 Å². The zero-order valence-electron chi connectivity index (χ0n) is 14.4. The molecule has 0 fully saturated rings. The van der Waals surface area contributed by atoms with Gasteiger partial charge in [0.2, 0.25) is 11.8 Å². The van der Waals surface area contributed by atoms with Crippen molar-refractivity contribution in [2.75, 3.05) is 17.7 Å². The Kier molecular flexibility index (Phi) is 5.58. The molecule has 0 aliphatic carbocycles. The molecule has 0 atom stereocenters. The van der Waals surface area contributed by atoms with Crippen LogP contribution in [0.25, 0.3) is 0 Å². The van der Waals surface area contributed by atoms with Gasteiger partial charge in [0, 0.05) is 23.9 Å². The summed E-state index contributed by atoms with van der Waals surface area (Å²) in [6, 6.07) is 11.0. The van der Waals surface area contributed by atoms with Crippen molar-refractivity contribution >= 4 is 23.2 Å². The molecule has 0 bridgehead atoms. The van der Waals surface area contributed by atoms with Gasteiger partial charge in [-0.05, 0) is 43.7 Å². The Hall–Kier alpha value is -2.82. The molecular weight excluding hydrogens is 304 g/mol. The predicted octanol–water partition coefficient (Wildman–Crippen LogP) is 3.45. The first-order valence-electron chi connectivity index (χ1n) is 7.70. The normalized spacial score (nSPS) is 10.2. The van der Waals surface area contributed by atoms with Crippen molar-refractivity contribution in [1.82, 2.24) is 0 Å². The average molecular weight is 326 g/mol. The lowest BCUT2D eigenvalue weighted by molar-refractivity contribution is -0.116. The number of methoxy groups -OCH3 is 1.